The minimum absolute atomic E-state index is 0.937. The lowest BCUT2D eigenvalue weighted by Gasteiger charge is -2.11. The van der Waals surface area contributed by atoms with Crippen LogP contribution in [0.15, 0.2) is 107 Å². The van der Waals surface area contributed by atoms with Crippen LogP contribution >= 0.6 is 0 Å². The van der Waals surface area contributed by atoms with Crippen molar-refractivity contribution in [2.24, 2.45) is 9.98 Å². The van der Waals surface area contributed by atoms with E-state index in [0.29, 0.717) is 0 Å². The molecular weight excluding hydrogens is 526 g/mol. The number of hydrogen-bond acceptors (Lipinski definition) is 4. The Bertz CT molecular complexity index is 1650. The number of nitrogens with zero attached hydrogens (tertiary/aromatic N) is 5. The van der Waals surface area contributed by atoms with Gasteiger partial charge < -0.3 is 14.4 Å². The fourth-order valence-electron chi connectivity index (χ4n) is 5.13. The summed E-state index contributed by atoms with van der Waals surface area (Å²) < 4.78 is 2.43. The fraction of sp³-hybridized carbons (Fsp3) is 0.211. The van der Waals surface area contributed by atoms with E-state index in [-0.39, 0.29) is 0 Å². The highest BCUT2D eigenvalue weighted by atomic mass is 15.1. The van der Waals surface area contributed by atoms with Crippen molar-refractivity contribution in [1.82, 2.24) is 4.57 Å². The lowest BCUT2D eigenvalue weighted by molar-refractivity contribution is 0.665. The van der Waals surface area contributed by atoms with Crippen LogP contribution in [0.3, 0.4) is 0 Å². The monoisotopic (exact) mass is 567 g/mol. The van der Waals surface area contributed by atoms with Crippen LogP contribution in [-0.4, -0.2) is 45.2 Å². The molecule has 0 spiro atoms. The summed E-state index contributed by atoms with van der Waals surface area (Å²) in [6, 6.07) is 30.0. The van der Waals surface area contributed by atoms with Crippen LogP contribution in [0.4, 0.5) is 22.7 Å². The minimum atomic E-state index is 0.937. The highest BCUT2D eigenvalue weighted by molar-refractivity contribution is 6.10. The molecule has 4 aromatic carbocycles. The molecule has 1 heterocycles. The first-order chi connectivity index (χ1) is 20.9. The average molecular weight is 568 g/mol. The number of unbranched alkanes of at least 4 members (excludes halogenated alkanes) is 1. The second kappa shape index (κ2) is 13.8. The van der Waals surface area contributed by atoms with Crippen molar-refractivity contribution in [3.05, 3.63) is 108 Å². The molecule has 0 fully saturated rings. The Morgan fingerprint density at radius 1 is 0.605 bits per heavy atom. The Balaban J connectivity index is 1.38. The van der Waals surface area contributed by atoms with Gasteiger partial charge in [0.1, 0.15) is 0 Å². The van der Waals surface area contributed by atoms with Gasteiger partial charge in [0, 0.05) is 80.3 Å². The molecule has 43 heavy (non-hydrogen) atoms. The molecule has 0 saturated carbocycles. The smallest absolute Gasteiger partial charge is 0.0637 e. The Morgan fingerprint density at radius 3 is 1.44 bits per heavy atom. The normalized spacial score (nSPS) is 12.2. The van der Waals surface area contributed by atoms with Crippen LogP contribution in [0.2, 0.25) is 0 Å². The number of benzene rings is 4. The van der Waals surface area contributed by atoms with E-state index >= 15 is 0 Å². The Kier molecular flexibility index (Phi) is 9.52. The summed E-state index contributed by atoms with van der Waals surface area (Å²) in [5.74, 6) is 0. The second-order valence-corrected chi connectivity index (χ2v) is 11.2. The van der Waals surface area contributed by atoms with Crippen LogP contribution in [-0.2, 0) is 6.54 Å². The van der Waals surface area contributed by atoms with Crippen LogP contribution in [0.1, 0.15) is 30.9 Å². The lowest BCUT2D eigenvalue weighted by atomic mass is 10.1. The Hall–Kier alpha value is -4.90. The number of aromatic nitrogens is 1. The summed E-state index contributed by atoms with van der Waals surface area (Å²) in [6.45, 7) is 3.23. The molecule has 0 saturated heterocycles. The molecule has 1 aromatic heterocycles. The molecule has 5 heteroatoms. The number of aliphatic imine (C=N–C) groups is 2. The largest absolute Gasteiger partial charge is 0.378 e. The standard InChI is InChI=1S/C38H41N5/c1-6-7-26-43-37-22-16-31(39-24-8-10-29-12-18-33(19-13-29)41(2)3)27-35(37)36-28-32(17-23-38(36)43)40-25-9-11-30-14-20-34(21-15-30)42(4)5/h8-25,27-28H,6-7,26H2,1-5H3/b10-8+,11-9+,39-24?,40-25?. The molecule has 0 aliphatic rings. The lowest BCUT2D eigenvalue weighted by Crippen LogP contribution is -2.07. The van der Waals surface area contributed by atoms with E-state index in [1.54, 1.807) is 0 Å². The quantitative estimate of drug-likeness (QED) is 0.149. The molecule has 5 aromatic rings. The van der Waals surface area contributed by atoms with Gasteiger partial charge in [-0.2, -0.15) is 0 Å². The molecule has 0 radical (unpaired) electrons. The van der Waals surface area contributed by atoms with Gasteiger partial charge in [-0.3, -0.25) is 9.98 Å². The van der Waals surface area contributed by atoms with Crippen molar-refractivity contribution in [3.63, 3.8) is 0 Å². The molecule has 0 N–H and O–H groups in total. The maximum Gasteiger partial charge on any atom is 0.0637 e. The van der Waals surface area contributed by atoms with Gasteiger partial charge >= 0.3 is 0 Å². The topological polar surface area (TPSA) is 36.1 Å². The van der Waals surface area contributed by atoms with Crippen LogP contribution in [0.25, 0.3) is 34.0 Å². The van der Waals surface area contributed by atoms with E-state index in [0.717, 1.165) is 41.9 Å². The van der Waals surface area contributed by atoms with Crippen molar-refractivity contribution in [3.8, 4) is 0 Å². The fourth-order valence-corrected chi connectivity index (χ4v) is 5.13. The van der Waals surface area contributed by atoms with Gasteiger partial charge in [0.05, 0.1) is 11.4 Å². The molecule has 0 unspecified atom stereocenters. The van der Waals surface area contributed by atoms with Crippen LogP contribution < -0.4 is 9.80 Å². The van der Waals surface area contributed by atoms with Crippen LogP contribution in [0, 0.1) is 0 Å². The summed E-state index contributed by atoms with van der Waals surface area (Å²) in [4.78, 5) is 13.7. The summed E-state index contributed by atoms with van der Waals surface area (Å²) >= 11 is 0. The molecule has 0 amide bonds. The summed E-state index contributed by atoms with van der Waals surface area (Å²) in [7, 11) is 8.20. The van der Waals surface area contributed by atoms with Crippen molar-refractivity contribution >= 4 is 69.1 Å². The van der Waals surface area contributed by atoms with Gasteiger partial charge in [-0.05, 0) is 90.4 Å². The Morgan fingerprint density at radius 2 is 1.05 bits per heavy atom. The van der Waals surface area contributed by atoms with Gasteiger partial charge in [0.25, 0.3) is 0 Å². The molecular formula is C38H41N5. The number of aryl methyl sites for hydroxylation is 1. The number of fused-ring (bicyclic) bond motifs is 3. The van der Waals surface area contributed by atoms with E-state index in [4.69, 9.17) is 9.98 Å². The van der Waals surface area contributed by atoms with Crippen molar-refractivity contribution in [2.75, 3.05) is 38.0 Å². The molecule has 0 aliphatic heterocycles. The first-order valence-electron chi connectivity index (χ1n) is 14.9. The summed E-state index contributed by atoms with van der Waals surface area (Å²) in [6.07, 6.45) is 14.2. The van der Waals surface area contributed by atoms with Crippen LogP contribution in [0.5, 0.6) is 0 Å². The number of allylic oxidation sites excluding steroid dienone is 2. The first kappa shape index (κ1) is 29.6. The second-order valence-electron chi connectivity index (χ2n) is 11.2. The van der Waals surface area contributed by atoms with Crippen molar-refractivity contribution < 1.29 is 0 Å². The predicted molar refractivity (Wildman–Crippen MR) is 190 cm³/mol. The minimum Gasteiger partial charge on any atom is -0.378 e. The SMILES string of the molecule is CCCCn1c2ccc(N=C/C=C/c3ccc(N(C)C)cc3)cc2c2cc(N=C/C=C/c3ccc(N(C)C)cc3)ccc21. The molecule has 0 atom stereocenters. The third-order valence-electron chi connectivity index (χ3n) is 7.58. The van der Waals surface area contributed by atoms with E-state index in [1.165, 1.54) is 33.2 Å². The maximum atomic E-state index is 4.75. The highest BCUT2D eigenvalue weighted by Gasteiger charge is 2.11. The molecule has 0 bridgehead atoms. The van der Waals surface area contributed by atoms with E-state index < -0.39 is 0 Å². The zero-order valence-corrected chi connectivity index (χ0v) is 25.9. The van der Waals surface area contributed by atoms with E-state index in [2.05, 4.69) is 147 Å². The average Bonchev–Trinajstić information content (AvgIpc) is 3.32. The van der Waals surface area contributed by atoms with Gasteiger partial charge in [-0.1, -0.05) is 49.8 Å². The van der Waals surface area contributed by atoms with Crippen molar-refractivity contribution in [1.29, 1.82) is 0 Å². The summed E-state index contributed by atoms with van der Waals surface area (Å²) in [5.41, 5.74) is 9.02. The number of rotatable bonds is 11. The van der Waals surface area contributed by atoms with E-state index in [9.17, 15) is 0 Å². The van der Waals surface area contributed by atoms with Gasteiger partial charge in [0.15, 0.2) is 0 Å². The molecule has 0 aliphatic carbocycles. The molecule has 5 rings (SSSR count). The predicted octanol–water partition coefficient (Wildman–Crippen LogP) is 9.56. The summed E-state index contributed by atoms with van der Waals surface area (Å²) in [5, 5.41) is 2.41. The number of hydrogen-bond donors (Lipinski definition) is 0. The zero-order valence-electron chi connectivity index (χ0n) is 25.9. The Labute approximate surface area is 255 Å². The van der Waals surface area contributed by atoms with Gasteiger partial charge in [0.2, 0.25) is 0 Å². The first-order valence-corrected chi connectivity index (χ1v) is 14.9. The van der Waals surface area contributed by atoms with Gasteiger partial charge in [-0.15, -0.1) is 0 Å². The van der Waals surface area contributed by atoms with Crippen molar-refractivity contribution in [2.45, 2.75) is 26.3 Å². The molecule has 218 valence electrons. The van der Waals surface area contributed by atoms with Gasteiger partial charge in [-0.25, -0.2) is 0 Å². The zero-order chi connectivity index (χ0) is 30.2. The third kappa shape index (κ3) is 7.31. The number of anilines is 2. The molecule has 5 nitrogen and oxygen atoms in total. The van der Waals surface area contributed by atoms with E-state index in [1.807, 2.05) is 24.6 Å². The maximum absolute atomic E-state index is 4.75. The third-order valence-corrected chi connectivity index (χ3v) is 7.58. The highest BCUT2D eigenvalue weighted by Crippen LogP contribution is 2.34.